The first-order valence-electron chi connectivity index (χ1n) is 4.91. The fourth-order valence-corrected chi connectivity index (χ4v) is 1.16. The molecule has 0 aromatic heterocycles. The third kappa shape index (κ3) is 3.54. The SMILES string of the molecule is O=Cc1cc(C(=O)NCC(F)C(F)F)ccc1F. The summed E-state index contributed by atoms with van der Waals surface area (Å²) < 4.78 is 49.1. The van der Waals surface area contributed by atoms with E-state index in [0.717, 1.165) is 18.2 Å². The molecular formula is C11H9F4NO2. The smallest absolute Gasteiger partial charge is 0.271 e. The minimum absolute atomic E-state index is 0.111. The first-order chi connectivity index (χ1) is 8.45. The van der Waals surface area contributed by atoms with E-state index in [0.29, 0.717) is 0 Å². The molecule has 7 heteroatoms. The number of aldehydes is 1. The number of carbonyl (C=O) groups is 2. The van der Waals surface area contributed by atoms with Crippen molar-refractivity contribution >= 4 is 12.2 Å². The van der Waals surface area contributed by atoms with Gasteiger partial charge in [-0.25, -0.2) is 17.6 Å². The lowest BCUT2D eigenvalue weighted by Gasteiger charge is -2.09. The molecule has 0 radical (unpaired) electrons. The molecule has 0 bridgehead atoms. The highest BCUT2D eigenvalue weighted by molar-refractivity contribution is 5.95. The van der Waals surface area contributed by atoms with Crippen LogP contribution >= 0.6 is 0 Å². The zero-order valence-corrected chi connectivity index (χ0v) is 9.00. The summed E-state index contributed by atoms with van der Waals surface area (Å²) in [5.74, 6) is -1.67. The number of halogens is 4. The quantitative estimate of drug-likeness (QED) is 0.652. The zero-order chi connectivity index (χ0) is 13.7. The molecule has 1 aromatic rings. The van der Waals surface area contributed by atoms with Crippen molar-refractivity contribution in [3.63, 3.8) is 0 Å². The van der Waals surface area contributed by atoms with E-state index in [9.17, 15) is 27.2 Å². The average molecular weight is 263 g/mol. The van der Waals surface area contributed by atoms with Gasteiger partial charge in [-0.1, -0.05) is 0 Å². The lowest BCUT2D eigenvalue weighted by atomic mass is 10.1. The molecule has 0 aliphatic rings. The molecule has 1 rings (SSSR count). The molecule has 98 valence electrons. The molecule has 1 amide bonds. The average Bonchev–Trinajstić information content (AvgIpc) is 2.35. The van der Waals surface area contributed by atoms with Crippen LogP contribution < -0.4 is 5.32 Å². The Balaban J connectivity index is 2.70. The number of carbonyl (C=O) groups excluding carboxylic acids is 2. The van der Waals surface area contributed by atoms with Crippen LogP contribution in [0.2, 0.25) is 0 Å². The standard InChI is InChI=1S/C11H9F4NO2/c12-8-2-1-6(3-7(8)5-17)11(18)16-4-9(13)10(14)15/h1-3,5,9-10H,4H2,(H,16,18). The second-order valence-electron chi connectivity index (χ2n) is 3.41. The molecule has 1 N–H and O–H groups in total. The fraction of sp³-hybridized carbons (Fsp3) is 0.273. The van der Waals surface area contributed by atoms with Gasteiger partial charge in [-0.2, -0.15) is 0 Å². The first kappa shape index (κ1) is 14.1. The molecule has 0 saturated carbocycles. The summed E-state index contributed by atoms with van der Waals surface area (Å²) in [6.07, 6.45) is -5.45. The predicted octanol–water partition coefficient (Wildman–Crippen LogP) is 1.97. The van der Waals surface area contributed by atoms with Crippen LogP contribution in [0.15, 0.2) is 18.2 Å². The van der Waals surface area contributed by atoms with E-state index in [4.69, 9.17) is 0 Å². The minimum atomic E-state index is -3.19. The highest BCUT2D eigenvalue weighted by Gasteiger charge is 2.20. The maximum Gasteiger partial charge on any atom is 0.271 e. The summed E-state index contributed by atoms with van der Waals surface area (Å²) in [6.45, 7) is -0.857. The van der Waals surface area contributed by atoms with Crippen LogP contribution in [0.5, 0.6) is 0 Å². The monoisotopic (exact) mass is 263 g/mol. The van der Waals surface area contributed by atoms with Crippen molar-refractivity contribution in [1.29, 1.82) is 0 Å². The van der Waals surface area contributed by atoms with Crippen molar-refractivity contribution < 1.29 is 27.2 Å². The van der Waals surface area contributed by atoms with Crippen LogP contribution in [0.25, 0.3) is 0 Å². The molecule has 1 aromatic carbocycles. The number of amides is 1. The molecule has 1 unspecified atom stereocenters. The molecule has 0 heterocycles. The van der Waals surface area contributed by atoms with Crippen LogP contribution in [-0.4, -0.2) is 31.3 Å². The Morgan fingerprint density at radius 1 is 1.33 bits per heavy atom. The van der Waals surface area contributed by atoms with Crippen molar-refractivity contribution in [3.05, 3.63) is 35.1 Å². The lowest BCUT2D eigenvalue weighted by molar-refractivity contribution is 0.0488. The number of rotatable bonds is 5. The van der Waals surface area contributed by atoms with Crippen LogP contribution in [0, 0.1) is 5.82 Å². The van der Waals surface area contributed by atoms with Gasteiger partial charge in [0, 0.05) is 5.56 Å². The Hall–Kier alpha value is -1.92. The summed E-state index contributed by atoms with van der Waals surface area (Å²) in [5.41, 5.74) is -0.451. The third-order valence-corrected chi connectivity index (χ3v) is 2.12. The first-order valence-corrected chi connectivity index (χ1v) is 4.91. The van der Waals surface area contributed by atoms with Gasteiger partial charge in [0.15, 0.2) is 12.5 Å². The molecular weight excluding hydrogens is 254 g/mol. The zero-order valence-electron chi connectivity index (χ0n) is 9.00. The van der Waals surface area contributed by atoms with Crippen molar-refractivity contribution in [1.82, 2.24) is 5.32 Å². The van der Waals surface area contributed by atoms with E-state index in [1.807, 2.05) is 5.32 Å². The van der Waals surface area contributed by atoms with Crippen LogP contribution in [0.3, 0.4) is 0 Å². The molecule has 0 spiro atoms. The number of hydrogen-bond donors (Lipinski definition) is 1. The van der Waals surface area contributed by atoms with Gasteiger partial charge in [-0.05, 0) is 18.2 Å². The molecule has 18 heavy (non-hydrogen) atoms. The van der Waals surface area contributed by atoms with E-state index in [1.165, 1.54) is 0 Å². The van der Waals surface area contributed by atoms with Gasteiger partial charge in [0.1, 0.15) is 5.82 Å². The highest BCUT2D eigenvalue weighted by Crippen LogP contribution is 2.09. The highest BCUT2D eigenvalue weighted by atomic mass is 19.3. The summed E-state index contributed by atoms with van der Waals surface area (Å²) in [5, 5.41) is 1.92. The van der Waals surface area contributed by atoms with Gasteiger partial charge >= 0.3 is 0 Å². The van der Waals surface area contributed by atoms with Gasteiger partial charge in [-0.3, -0.25) is 9.59 Å². The Morgan fingerprint density at radius 2 is 2.00 bits per heavy atom. The maximum absolute atomic E-state index is 12.9. The second kappa shape index (κ2) is 6.13. The van der Waals surface area contributed by atoms with E-state index < -0.39 is 30.9 Å². The molecule has 0 aliphatic heterocycles. The molecule has 0 saturated heterocycles. The van der Waals surface area contributed by atoms with Gasteiger partial charge in [0.25, 0.3) is 12.3 Å². The Labute approximate surface area is 99.8 Å². The van der Waals surface area contributed by atoms with Crippen molar-refractivity contribution in [2.45, 2.75) is 12.6 Å². The second-order valence-corrected chi connectivity index (χ2v) is 3.41. The van der Waals surface area contributed by atoms with Crippen LogP contribution in [-0.2, 0) is 0 Å². The molecule has 0 aliphatic carbocycles. The largest absolute Gasteiger partial charge is 0.349 e. The Kier molecular flexibility index (Phi) is 4.82. The number of hydrogen-bond acceptors (Lipinski definition) is 2. The lowest BCUT2D eigenvalue weighted by Crippen LogP contribution is -2.33. The number of alkyl halides is 3. The fourth-order valence-electron chi connectivity index (χ4n) is 1.16. The molecule has 0 fully saturated rings. The van der Waals surface area contributed by atoms with E-state index in [-0.39, 0.29) is 17.4 Å². The van der Waals surface area contributed by atoms with Gasteiger partial charge in [-0.15, -0.1) is 0 Å². The van der Waals surface area contributed by atoms with Gasteiger partial charge < -0.3 is 5.32 Å². The number of nitrogens with one attached hydrogen (secondary N) is 1. The third-order valence-electron chi connectivity index (χ3n) is 2.12. The normalized spacial score (nSPS) is 12.3. The van der Waals surface area contributed by atoms with Crippen LogP contribution in [0.1, 0.15) is 20.7 Å². The van der Waals surface area contributed by atoms with E-state index in [1.54, 1.807) is 0 Å². The molecule has 3 nitrogen and oxygen atoms in total. The summed E-state index contributed by atoms with van der Waals surface area (Å²) in [7, 11) is 0. The Morgan fingerprint density at radius 3 is 2.56 bits per heavy atom. The summed E-state index contributed by atoms with van der Waals surface area (Å²) in [4.78, 5) is 21.8. The van der Waals surface area contributed by atoms with Crippen molar-refractivity contribution in [2.24, 2.45) is 0 Å². The van der Waals surface area contributed by atoms with Crippen LogP contribution in [0.4, 0.5) is 17.6 Å². The van der Waals surface area contributed by atoms with E-state index in [2.05, 4.69) is 0 Å². The number of benzene rings is 1. The minimum Gasteiger partial charge on any atom is -0.349 e. The Bertz CT molecular complexity index is 451. The topological polar surface area (TPSA) is 46.2 Å². The van der Waals surface area contributed by atoms with Crippen molar-refractivity contribution in [3.8, 4) is 0 Å². The van der Waals surface area contributed by atoms with E-state index >= 15 is 0 Å². The summed E-state index contributed by atoms with van der Waals surface area (Å²) in [6, 6.07) is 2.90. The predicted molar refractivity (Wildman–Crippen MR) is 55.0 cm³/mol. The maximum atomic E-state index is 12.9. The molecule has 1 atom stereocenters. The van der Waals surface area contributed by atoms with Gasteiger partial charge in [0.2, 0.25) is 0 Å². The van der Waals surface area contributed by atoms with Crippen molar-refractivity contribution in [2.75, 3.05) is 6.54 Å². The summed E-state index contributed by atoms with van der Waals surface area (Å²) >= 11 is 0. The van der Waals surface area contributed by atoms with Gasteiger partial charge in [0.05, 0.1) is 12.1 Å².